The first-order valence-electron chi connectivity index (χ1n) is 8.31. The highest BCUT2D eigenvalue weighted by atomic mass is 16.2. The predicted molar refractivity (Wildman–Crippen MR) is 95.3 cm³/mol. The highest BCUT2D eigenvalue weighted by Crippen LogP contribution is 2.21. The maximum absolute atomic E-state index is 12.7. The molecule has 0 bridgehead atoms. The summed E-state index contributed by atoms with van der Waals surface area (Å²) in [4.78, 5) is 27.6. The van der Waals surface area contributed by atoms with Crippen molar-refractivity contribution >= 4 is 12.2 Å². The summed E-state index contributed by atoms with van der Waals surface area (Å²) in [5.41, 5.74) is 3.47. The van der Waals surface area contributed by atoms with Gasteiger partial charge in [-0.2, -0.15) is 0 Å². The molecule has 1 aliphatic heterocycles. The highest BCUT2D eigenvalue weighted by Gasteiger charge is 2.18. The molecule has 2 aromatic rings. The van der Waals surface area contributed by atoms with Crippen LogP contribution in [-0.4, -0.2) is 55.2 Å². The van der Waals surface area contributed by atoms with Crippen LogP contribution in [0.1, 0.15) is 27.1 Å². The SMILES string of the molecule is CN1CCCN(C(=O)c2ccc(-c3ccc(C=O)cc3)cc2)CC1. The standard InChI is InChI=1S/C20H22N2O2/c1-21-11-2-12-22(14-13-21)20(24)19-9-7-18(8-10-19)17-5-3-16(15-23)4-6-17/h3-10,15H,2,11-14H2,1H3. The molecule has 0 radical (unpaired) electrons. The van der Waals surface area contributed by atoms with Crippen LogP contribution in [0.3, 0.4) is 0 Å². The van der Waals surface area contributed by atoms with Crippen LogP contribution >= 0.6 is 0 Å². The zero-order valence-electron chi connectivity index (χ0n) is 13.9. The zero-order valence-corrected chi connectivity index (χ0v) is 13.9. The monoisotopic (exact) mass is 322 g/mol. The molecular formula is C20H22N2O2. The van der Waals surface area contributed by atoms with E-state index in [1.54, 1.807) is 12.1 Å². The lowest BCUT2D eigenvalue weighted by atomic mass is 10.0. The Hall–Kier alpha value is -2.46. The quantitative estimate of drug-likeness (QED) is 0.816. The van der Waals surface area contributed by atoms with Crippen molar-refractivity contribution in [2.75, 3.05) is 33.2 Å². The molecule has 24 heavy (non-hydrogen) atoms. The van der Waals surface area contributed by atoms with E-state index in [0.29, 0.717) is 5.56 Å². The van der Waals surface area contributed by atoms with Gasteiger partial charge >= 0.3 is 0 Å². The van der Waals surface area contributed by atoms with Gasteiger partial charge in [-0.1, -0.05) is 36.4 Å². The van der Waals surface area contributed by atoms with Gasteiger partial charge < -0.3 is 9.80 Å². The Morgan fingerprint density at radius 2 is 1.50 bits per heavy atom. The smallest absolute Gasteiger partial charge is 0.253 e. The number of carbonyl (C=O) groups excluding carboxylic acids is 2. The van der Waals surface area contributed by atoms with E-state index in [1.165, 1.54) is 0 Å². The fraction of sp³-hybridized carbons (Fsp3) is 0.300. The van der Waals surface area contributed by atoms with Crippen molar-refractivity contribution in [2.24, 2.45) is 0 Å². The normalized spacial score (nSPS) is 15.8. The van der Waals surface area contributed by atoms with Gasteiger partial charge in [0, 0.05) is 30.8 Å². The topological polar surface area (TPSA) is 40.6 Å². The maximum Gasteiger partial charge on any atom is 0.253 e. The summed E-state index contributed by atoms with van der Waals surface area (Å²) in [7, 11) is 2.10. The molecule has 124 valence electrons. The lowest BCUT2D eigenvalue weighted by Crippen LogP contribution is -2.34. The zero-order chi connectivity index (χ0) is 16.9. The Morgan fingerprint density at radius 3 is 2.12 bits per heavy atom. The van der Waals surface area contributed by atoms with E-state index in [-0.39, 0.29) is 5.91 Å². The maximum atomic E-state index is 12.7. The molecule has 0 unspecified atom stereocenters. The van der Waals surface area contributed by atoms with Crippen molar-refractivity contribution in [1.82, 2.24) is 9.80 Å². The van der Waals surface area contributed by atoms with Gasteiger partial charge in [-0.15, -0.1) is 0 Å². The molecule has 0 spiro atoms. The second kappa shape index (κ2) is 7.41. The molecular weight excluding hydrogens is 300 g/mol. The van der Waals surface area contributed by atoms with Crippen LogP contribution in [0.4, 0.5) is 0 Å². The minimum Gasteiger partial charge on any atom is -0.337 e. The molecule has 4 nitrogen and oxygen atoms in total. The first-order chi connectivity index (χ1) is 11.7. The Bertz CT molecular complexity index is 707. The van der Waals surface area contributed by atoms with Crippen molar-refractivity contribution in [3.8, 4) is 11.1 Å². The number of carbonyl (C=O) groups is 2. The van der Waals surface area contributed by atoms with E-state index >= 15 is 0 Å². The van der Waals surface area contributed by atoms with Crippen molar-refractivity contribution in [2.45, 2.75) is 6.42 Å². The number of likely N-dealkylation sites (N-methyl/N-ethyl adjacent to an activating group) is 1. The fourth-order valence-electron chi connectivity index (χ4n) is 2.99. The molecule has 0 atom stereocenters. The summed E-state index contributed by atoms with van der Waals surface area (Å²) >= 11 is 0. The van der Waals surface area contributed by atoms with Crippen molar-refractivity contribution in [3.05, 3.63) is 59.7 Å². The Kier molecular flexibility index (Phi) is 5.06. The van der Waals surface area contributed by atoms with Gasteiger partial charge in [-0.05, 0) is 43.3 Å². The molecule has 0 N–H and O–H groups in total. The third-order valence-corrected chi connectivity index (χ3v) is 4.52. The number of benzene rings is 2. The molecule has 1 aliphatic rings. The third kappa shape index (κ3) is 3.71. The van der Waals surface area contributed by atoms with E-state index in [0.717, 1.165) is 55.6 Å². The fourth-order valence-corrected chi connectivity index (χ4v) is 2.99. The number of rotatable bonds is 3. The Balaban J connectivity index is 1.73. The van der Waals surface area contributed by atoms with Crippen LogP contribution in [0.2, 0.25) is 0 Å². The molecule has 0 saturated carbocycles. The van der Waals surface area contributed by atoms with Crippen LogP contribution < -0.4 is 0 Å². The van der Waals surface area contributed by atoms with Gasteiger partial charge in [0.15, 0.2) is 0 Å². The predicted octanol–water partition coefficient (Wildman–Crippen LogP) is 2.94. The van der Waals surface area contributed by atoms with Gasteiger partial charge in [0.2, 0.25) is 0 Å². The Morgan fingerprint density at radius 1 is 0.875 bits per heavy atom. The molecule has 0 aliphatic carbocycles. The summed E-state index contributed by atoms with van der Waals surface area (Å²) < 4.78 is 0. The molecule has 2 aromatic carbocycles. The first kappa shape index (κ1) is 16.4. The van der Waals surface area contributed by atoms with E-state index in [1.807, 2.05) is 41.3 Å². The van der Waals surface area contributed by atoms with Gasteiger partial charge in [0.05, 0.1) is 0 Å². The molecule has 4 heteroatoms. The van der Waals surface area contributed by atoms with Crippen LogP contribution in [0, 0.1) is 0 Å². The second-order valence-electron chi connectivity index (χ2n) is 6.27. The minimum atomic E-state index is 0.105. The van der Waals surface area contributed by atoms with E-state index in [2.05, 4.69) is 11.9 Å². The summed E-state index contributed by atoms with van der Waals surface area (Å²) in [6.45, 7) is 3.56. The van der Waals surface area contributed by atoms with Gasteiger partial charge in [0.25, 0.3) is 5.91 Å². The highest BCUT2D eigenvalue weighted by molar-refractivity contribution is 5.94. The largest absolute Gasteiger partial charge is 0.337 e. The van der Waals surface area contributed by atoms with Crippen LogP contribution in [0.25, 0.3) is 11.1 Å². The first-order valence-corrected chi connectivity index (χ1v) is 8.31. The number of hydrogen-bond donors (Lipinski definition) is 0. The van der Waals surface area contributed by atoms with Crippen molar-refractivity contribution in [3.63, 3.8) is 0 Å². The average molecular weight is 322 g/mol. The molecule has 1 heterocycles. The summed E-state index contributed by atoms with van der Waals surface area (Å²) in [6.07, 6.45) is 1.85. The van der Waals surface area contributed by atoms with E-state index < -0.39 is 0 Å². The van der Waals surface area contributed by atoms with Crippen LogP contribution in [0.5, 0.6) is 0 Å². The van der Waals surface area contributed by atoms with Crippen LogP contribution in [0.15, 0.2) is 48.5 Å². The Labute approximate surface area is 142 Å². The average Bonchev–Trinajstić information content (AvgIpc) is 2.86. The number of amides is 1. The third-order valence-electron chi connectivity index (χ3n) is 4.52. The molecule has 1 amide bonds. The number of aldehydes is 1. The van der Waals surface area contributed by atoms with E-state index in [9.17, 15) is 9.59 Å². The summed E-state index contributed by atoms with van der Waals surface area (Å²) in [6, 6.07) is 15.2. The second-order valence-corrected chi connectivity index (χ2v) is 6.27. The van der Waals surface area contributed by atoms with Gasteiger partial charge in [-0.3, -0.25) is 9.59 Å². The molecule has 1 fully saturated rings. The summed E-state index contributed by atoms with van der Waals surface area (Å²) in [5.74, 6) is 0.105. The van der Waals surface area contributed by atoms with Gasteiger partial charge in [-0.25, -0.2) is 0 Å². The number of hydrogen-bond acceptors (Lipinski definition) is 3. The van der Waals surface area contributed by atoms with Crippen LogP contribution in [-0.2, 0) is 0 Å². The van der Waals surface area contributed by atoms with Crippen molar-refractivity contribution < 1.29 is 9.59 Å². The molecule has 3 rings (SSSR count). The number of nitrogens with zero attached hydrogens (tertiary/aromatic N) is 2. The minimum absolute atomic E-state index is 0.105. The van der Waals surface area contributed by atoms with Crippen molar-refractivity contribution in [1.29, 1.82) is 0 Å². The van der Waals surface area contributed by atoms with E-state index in [4.69, 9.17) is 0 Å². The van der Waals surface area contributed by atoms with Gasteiger partial charge in [0.1, 0.15) is 6.29 Å². The summed E-state index contributed by atoms with van der Waals surface area (Å²) in [5, 5.41) is 0. The lowest BCUT2D eigenvalue weighted by molar-refractivity contribution is 0.0762. The lowest BCUT2D eigenvalue weighted by Gasteiger charge is -2.20. The molecule has 1 saturated heterocycles. The molecule has 0 aromatic heterocycles.